The van der Waals surface area contributed by atoms with Gasteiger partial charge in [0, 0.05) is 32.9 Å². The molecule has 1 aliphatic rings. The summed E-state index contributed by atoms with van der Waals surface area (Å²) in [6, 6.07) is 6.32. The molecule has 9 nitrogen and oxygen atoms in total. The maximum absolute atomic E-state index is 12.6. The Morgan fingerprint density at radius 3 is 2.71 bits per heavy atom. The second-order valence-corrected chi connectivity index (χ2v) is 15.7. The van der Waals surface area contributed by atoms with Crippen molar-refractivity contribution in [3.05, 3.63) is 35.8 Å². The molecule has 0 saturated carbocycles. The van der Waals surface area contributed by atoms with Crippen LogP contribution in [0.1, 0.15) is 43.0 Å². The molecule has 0 spiro atoms. The maximum atomic E-state index is 12.6. The molecule has 0 radical (unpaired) electrons. The summed E-state index contributed by atoms with van der Waals surface area (Å²) in [6.07, 6.45) is 3.67. The van der Waals surface area contributed by atoms with E-state index in [0.29, 0.717) is 54.2 Å². The molecule has 3 rings (SSSR count). The van der Waals surface area contributed by atoms with Gasteiger partial charge in [0.05, 0.1) is 24.9 Å². The van der Waals surface area contributed by atoms with E-state index in [1.165, 1.54) is 7.11 Å². The van der Waals surface area contributed by atoms with Crippen molar-refractivity contribution in [1.82, 2.24) is 9.55 Å². The van der Waals surface area contributed by atoms with Crippen LogP contribution in [0.2, 0.25) is 25.7 Å². The number of rotatable bonds is 8. The monoisotopic (exact) mass is 501 g/mol. The van der Waals surface area contributed by atoms with E-state index in [0.717, 1.165) is 6.04 Å². The highest BCUT2D eigenvalue weighted by molar-refractivity contribution is 6.76. The van der Waals surface area contributed by atoms with Gasteiger partial charge in [0.25, 0.3) is 0 Å². The average Bonchev–Trinajstić information content (AvgIpc) is 3.18. The van der Waals surface area contributed by atoms with Gasteiger partial charge in [-0.1, -0.05) is 38.2 Å². The number of benzene rings is 1. The Kier molecular flexibility index (Phi) is 8.85. The molecule has 190 valence electrons. The third-order valence-electron chi connectivity index (χ3n) is 6.00. The first kappa shape index (κ1) is 26.6. The van der Waals surface area contributed by atoms with Crippen molar-refractivity contribution < 1.29 is 29.0 Å². The summed E-state index contributed by atoms with van der Waals surface area (Å²) in [4.78, 5) is 41.2. The van der Waals surface area contributed by atoms with Crippen LogP contribution in [0.5, 0.6) is 0 Å². The molecule has 1 aliphatic heterocycles. The van der Waals surface area contributed by atoms with Crippen LogP contribution in [-0.4, -0.2) is 54.3 Å². The van der Waals surface area contributed by atoms with Crippen LogP contribution in [0, 0.1) is 0 Å². The van der Waals surface area contributed by atoms with Gasteiger partial charge in [0.2, 0.25) is 5.91 Å². The smallest absolute Gasteiger partial charge is 0.314 e. The number of aliphatic carboxylic acids is 1. The molecule has 2 N–H and O–H groups in total. The van der Waals surface area contributed by atoms with Crippen molar-refractivity contribution >= 4 is 31.6 Å². The third-order valence-corrected chi connectivity index (χ3v) is 7.70. The number of methoxy groups -OCH3 is 1. The first-order chi connectivity index (χ1) is 16.6. The number of ether oxygens (including phenoxy) is 2. The van der Waals surface area contributed by atoms with E-state index in [1.807, 2.05) is 0 Å². The van der Waals surface area contributed by atoms with E-state index in [-0.39, 0.29) is 31.4 Å². The number of nitrogens with zero attached hydrogens (tertiary/aromatic N) is 2. The fourth-order valence-electron chi connectivity index (χ4n) is 3.96. The van der Waals surface area contributed by atoms with Crippen molar-refractivity contribution in [3.8, 4) is 11.3 Å². The van der Waals surface area contributed by atoms with Crippen LogP contribution in [0.3, 0.4) is 0 Å². The molecule has 2 bridgehead atoms. The molecule has 0 aliphatic carbocycles. The highest BCUT2D eigenvalue weighted by atomic mass is 28.3. The minimum atomic E-state index is -1.26. The number of aromatic nitrogens is 2. The van der Waals surface area contributed by atoms with Gasteiger partial charge in [-0.25, -0.2) is 4.98 Å². The van der Waals surface area contributed by atoms with Gasteiger partial charge in [0.1, 0.15) is 18.5 Å². The standard InChI is InChI=1S/C25H35N3O6Si/c1-33-23(30)14-17-9-10-18-20(13-17)26-22(29)8-6-5-7-19(25(31)32)24-27-21(18)15-28(24)16-34-11-12-35(2,3)4/h9-10,13,15,19H,5-8,11-12,14,16H2,1-4H3,(H,26,29)(H,31,32). The summed E-state index contributed by atoms with van der Waals surface area (Å²) in [6.45, 7) is 7.64. The van der Waals surface area contributed by atoms with Crippen LogP contribution in [0.15, 0.2) is 24.4 Å². The van der Waals surface area contributed by atoms with Crippen molar-refractivity contribution in [1.29, 1.82) is 0 Å². The predicted octanol–water partition coefficient (Wildman–Crippen LogP) is 4.26. The van der Waals surface area contributed by atoms with Gasteiger partial charge >= 0.3 is 11.9 Å². The van der Waals surface area contributed by atoms with Gasteiger partial charge < -0.3 is 24.5 Å². The molecule has 2 aromatic rings. The number of hydrogen-bond donors (Lipinski definition) is 2. The Balaban J connectivity index is 2.01. The largest absolute Gasteiger partial charge is 0.481 e. The zero-order valence-corrected chi connectivity index (χ0v) is 21.9. The van der Waals surface area contributed by atoms with Gasteiger partial charge in [-0.15, -0.1) is 0 Å². The zero-order valence-electron chi connectivity index (χ0n) is 20.9. The van der Waals surface area contributed by atoms with Crippen LogP contribution in [0.25, 0.3) is 11.3 Å². The van der Waals surface area contributed by atoms with Crippen molar-refractivity contribution in [2.45, 2.75) is 70.4 Å². The minimum absolute atomic E-state index is 0.0748. The molecule has 1 atom stereocenters. The minimum Gasteiger partial charge on any atom is -0.481 e. The lowest BCUT2D eigenvalue weighted by atomic mass is 9.99. The molecule has 1 amide bonds. The van der Waals surface area contributed by atoms with Crippen molar-refractivity contribution in [2.24, 2.45) is 0 Å². The summed E-state index contributed by atoms with van der Waals surface area (Å²) < 4.78 is 12.5. The maximum Gasteiger partial charge on any atom is 0.314 e. The first-order valence-corrected chi connectivity index (χ1v) is 15.7. The lowest BCUT2D eigenvalue weighted by molar-refractivity contribution is -0.140. The molecule has 35 heavy (non-hydrogen) atoms. The van der Waals surface area contributed by atoms with Gasteiger partial charge in [-0.2, -0.15) is 0 Å². The molecule has 0 saturated heterocycles. The van der Waals surface area contributed by atoms with Gasteiger partial charge in [0.15, 0.2) is 0 Å². The lowest BCUT2D eigenvalue weighted by Gasteiger charge is -2.17. The molecule has 2 heterocycles. The first-order valence-electron chi connectivity index (χ1n) is 11.9. The Bertz CT molecular complexity index is 1080. The summed E-state index contributed by atoms with van der Waals surface area (Å²) in [5.41, 5.74) is 2.42. The summed E-state index contributed by atoms with van der Waals surface area (Å²) in [5, 5.41) is 12.9. The normalized spacial score (nSPS) is 16.5. The highest BCUT2D eigenvalue weighted by Gasteiger charge is 2.27. The number of anilines is 1. The number of carboxylic acid groups (broad SMARTS) is 1. The summed E-state index contributed by atoms with van der Waals surface area (Å²) in [7, 11) is 0.0671. The molecule has 0 fully saturated rings. The Hall–Kier alpha value is -2.98. The molecule has 1 aromatic carbocycles. The predicted molar refractivity (Wildman–Crippen MR) is 135 cm³/mol. The van der Waals surface area contributed by atoms with Crippen LogP contribution in [-0.2, 0) is 37.0 Å². The topological polar surface area (TPSA) is 120 Å². The third kappa shape index (κ3) is 7.50. The van der Waals surface area contributed by atoms with Crippen LogP contribution in [0.4, 0.5) is 5.69 Å². The number of fused-ring (bicyclic) bond motifs is 4. The van der Waals surface area contributed by atoms with Crippen molar-refractivity contribution in [2.75, 3.05) is 19.0 Å². The second-order valence-electron chi connectivity index (χ2n) is 10.1. The number of imidazole rings is 1. The van der Waals surface area contributed by atoms with Crippen LogP contribution >= 0.6 is 0 Å². The van der Waals surface area contributed by atoms with Gasteiger partial charge in [-0.05, 0) is 30.5 Å². The van der Waals surface area contributed by atoms with E-state index >= 15 is 0 Å². The van der Waals surface area contributed by atoms with Crippen molar-refractivity contribution in [3.63, 3.8) is 0 Å². The number of carboxylic acids is 1. The number of amides is 1. The molecule has 10 heteroatoms. The molecular formula is C25H35N3O6Si. The van der Waals surface area contributed by atoms with E-state index in [9.17, 15) is 19.5 Å². The average molecular weight is 502 g/mol. The Labute approximate surface area is 206 Å². The molecular weight excluding hydrogens is 466 g/mol. The van der Waals surface area contributed by atoms with Gasteiger partial charge in [-0.3, -0.25) is 14.4 Å². The highest BCUT2D eigenvalue weighted by Crippen LogP contribution is 2.33. The number of esters is 1. The second kappa shape index (κ2) is 11.6. The number of hydrogen-bond acceptors (Lipinski definition) is 6. The SMILES string of the molecule is COC(=O)Cc1ccc2c(c1)NC(=O)CCCCC(C(=O)O)c1nc-2cn1COCC[Si](C)(C)C. The van der Waals surface area contributed by atoms with E-state index in [1.54, 1.807) is 29.0 Å². The Morgan fingerprint density at radius 1 is 1.26 bits per heavy atom. The fraction of sp³-hybridized carbons (Fsp3) is 0.520. The van der Waals surface area contributed by atoms with E-state index in [2.05, 4.69) is 25.0 Å². The number of carbonyl (C=O) groups excluding carboxylic acids is 2. The molecule has 1 aromatic heterocycles. The summed E-state index contributed by atoms with van der Waals surface area (Å²) >= 11 is 0. The van der Waals surface area contributed by atoms with E-state index in [4.69, 9.17) is 14.5 Å². The van der Waals surface area contributed by atoms with E-state index < -0.39 is 20.0 Å². The zero-order chi connectivity index (χ0) is 25.6. The Morgan fingerprint density at radius 2 is 2.03 bits per heavy atom. The fourth-order valence-corrected chi connectivity index (χ4v) is 4.72. The van der Waals surface area contributed by atoms with Crippen LogP contribution < -0.4 is 5.32 Å². The quantitative estimate of drug-likeness (QED) is 0.315. The lowest BCUT2D eigenvalue weighted by Crippen LogP contribution is -2.23. The number of carbonyl (C=O) groups is 3. The number of nitrogens with one attached hydrogen (secondary N) is 1. The summed E-state index contributed by atoms with van der Waals surface area (Å²) in [5.74, 6) is -1.84. The molecule has 1 unspecified atom stereocenters.